The Kier molecular flexibility index (Phi) is 10.6. The number of benzene rings is 4. The molecule has 0 aliphatic carbocycles. The van der Waals surface area contributed by atoms with Crippen LogP contribution in [0.5, 0.6) is 23.0 Å². The third kappa shape index (κ3) is 7.00. The molecule has 6 aromatic rings. The quantitative estimate of drug-likeness (QED) is 0.154. The molecular formula is C40H42F2N4O6. The molecule has 52 heavy (non-hydrogen) atoms. The van der Waals surface area contributed by atoms with Crippen LogP contribution >= 0.6 is 0 Å². The number of fused-ring (bicyclic) bond motifs is 2. The fourth-order valence-electron chi connectivity index (χ4n) is 6.82. The monoisotopic (exact) mass is 712 g/mol. The highest BCUT2D eigenvalue weighted by Gasteiger charge is 2.24. The molecular weight excluding hydrogens is 670 g/mol. The lowest BCUT2D eigenvalue weighted by atomic mass is 10.0. The number of hydrogen-bond acceptors (Lipinski definition) is 8. The van der Waals surface area contributed by atoms with E-state index in [2.05, 4.69) is 28.4 Å². The molecule has 0 saturated carbocycles. The highest BCUT2D eigenvalue weighted by atomic mass is 19.1. The zero-order valence-corrected chi connectivity index (χ0v) is 29.7. The van der Waals surface area contributed by atoms with Gasteiger partial charge in [-0.15, -0.1) is 0 Å². The smallest absolute Gasteiger partial charge is 0.176 e. The maximum atomic E-state index is 14.8. The summed E-state index contributed by atoms with van der Waals surface area (Å²) < 4.78 is 66.1. The van der Waals surface area contributed by atoms with Gasteiger partial charge in [0.15, 0.2) is 35.6 Å². The maximum Gasteiger partial charge on any atom is 0.176 e. The van der Waals surface area contributed by atoms with Crippen molar-refractivity contribution in [1.82, 2.24) is 19.6 Å². The number of ether oxygens (including phenoxy) is 6. The summed E-state index contributed by atoms with van der Waals surface area (Å²) in [7, 11) is 5.99. The zero-order chi connectivity index (χ0) is 36.2. The molecule has 2 saturated heterocycles. The number of nitrogens with zero attached hydrogens (tertiary/aromatic N) is 4. The molecule has 0 spiro atoms. The second-order valence-corrected chi connectivity index (χ2v) is 12.8. The summed E-state index contributed by atoms with van der Waals surface area (Å²) in [6.07, 6.45) is 9.76. The van der Waals surface area contributed by atoms with E-state index >= 15 is 0 Å². The standard InChI is InChI=1S/C20H20F2N2O3.C20H22N2O3/c1-25-15-10-16(26-2)20(22)18(19(15)21)12-6-7-13-11-23-24(14(13)9-12)17-5-3-4-8-27-17;1-23-17-9-16(10-18(12-17)24-2)14-6-7-15-13-21-22(19(15)11-14)20-5-3-4-8-25-20/h6-7,9-11,17H,3-5,8H2,1-2H3;6-7,9-13,20H,3-5,8H2,1-2H3. The van der Waals surface area contributed by atoms with Crippen molar-refractivity contribution in [2.75, 3.05) is 41.7 Å². The Morgan fingerprint density at radius 2 is 1.08 bits per heavy atom. The summed E-state index contributed by atoms with van der Waals surface area (Å²) in [5.74, 6) is -0.137. The Balaban J connectivity index is 0.000000162. The summed E-state index contributed by atoms with van der Waals surface area (Å²) in [5.41, 5.74) is 4.20. The molecule has 272 valence electrons. The number of methoxy groups -OCH3 is 4. The lowest BCUT2D eigenvalue weighted by Gasteiger charge is -2.23. The topological polar surface area (TPSA) is 91.0 Å². The van der Waals surface area contributed by atoms with Crippen LogP contribution in [0.25, 0.3) is 44.1 Å². The second kappa shape index (κ2) is 15.6. The van der Waals surface area contributed by atoms with Crippen molar-refractivity contribution in [3.63, 3.8) is 0 Å². The van der Waals surface area contributed by atoms with Crippen molar-refractivity contribution in [2.24, 2.45) is 0 Å². The van der Waals surface area contributed by atoms with Crippen LogP contribution in [0.15, 0.2) is 73.1 Å². The summed E-state index contributed by atoms with van der Waals surface area (Å²) in [6, 6.07) is 18.7. The first-order chi connectivity index (χ1) is 25.4. The van der Waals surface area contributed by atoms with Gasteiger partial charge in [0.1, 0.15) is 11.5 Å². The van der Waals surface area contributed by atoms with Gasteiger partial charge in [0.05, 0.1) is 57.4 Å². The second-order valence-electron chi connectivity index (χ2n) is 12.8. The van der Waals surface area contributed by atoms with Crippen LogP contribution in [0.3, 0.4) is 0 Å². The van der Waals surface area contributed by atoms with Crippen LogP contribution in [-0.2, 0) is 9.47 Å². The highest BCUT2D eigenvalue weighted by molar-refractivity contribution is 5.86. The fourth-order valence-corrected chi connectivity index (χ4v) is 6.82. The molecule has 2 atom stereocenters. The molecule has 4 aromatic carbocycles. The molecule has 2 aliphatic rings. The molecule has 2 unspecified atom stereocenters. The van der Waals surface area contributed by atoms with E-state index < -0.39 is 11.6 Å². The highest BCUT2D eigenvalue weighted by Crippen LogP contribution is 2.39. The van der Waals surface area contributed by atoms with Crippen LogP contribution in [-0.4, -0.2) is 61.2 Å². The van der Waals surface area contributed by atoms with Crippen molar-refractivity contribution in [3.05, 3.63) is 84.7 Å². The van der Waals surface area contributed by atoms with Gasteiger partial charge >= 0.3 is 0 Å². The molecule has 0 amide bonds. The lowest BCUT2D eigenvalue weighted by Crippen LogP contribution is -2.18. The minimum atomic E-state index is -0.768. The predicted molar refractivity (Wildman–Crippen MR) is 194 cm³/mol. The van der Waals surface area contributed by atoms with Crippen LogP contribution in [0.2, 0.25) is 0 Å². The van der Waals surface area contributed by atoms with Crippen LogP contribution < -0.4 is 18.9 Å². The van der Waals surface area contributed by atoms with Crippen molar-refractivity contribution in [3.8, 4) is 45.3 Å². The average Bonchev–Trinajstić information content (AvgIpc) is 3.83. The maximum absolute atomic E-state index is 14.8. The number of halogens is 2. The van der Waals surface area contributed by atoms with Crippen molar-refractivity contribution < 1.29 is 37.2 Å². The fraction of sp³-hybridized carbons (Fsp3) is 0.350. The minimum Gasteiger partial charge on any atom is -0.497 e. The van der Waals surface area contributed by atoms with Gasteiger partial charge in [-0.3, -0.25) is 0 Å². The van der Waals surface area contributed by atoms with E-state index in [4.69, 9.17) is 28.4 Å². The molecule has 0 radical (unpaired) electrons. The van der Waals surface area contributed by atoms with Gasteiger partial charge in [-0.05, 0) is 79.5 Å². The number of aromatic nitrogens is 4. The Hall–Kier alpha value is -5.20. The van der Waals surface area contributed by atoms with Crippen molar-refractivity contribution in [2.45, 2.75) is 51.0 Å². The first kappa shape index (κ1) is 35.2. The van der Waals surface area contributed by atoms with Crippen LogP contribution in [0.1, 0.15) is 51.0 Å². The van der Waals surface area contributed by atoms with E-state index in [9.17, 15) is 8.78 Å². The molecule has 2 aromatic heterocycles. The Morgan fingerprint density at radius 1 is 0.577 bits per heavy atom. The van der Waals surface area contributed by atoms with Gasteiger partial charge < -0.3 is 28.4 Å². The molecule has 2 fully saturated rings. The summed E-state index contributed by atoms with van der Waals surface area (Å²) >= 11 is 0. The molecule has 8 rings (SSSR count). The van der Waals surface area contributed by atoms with E-state index in [-0.39, 0.29) is 29.5 Å². The molecule has 0 bridgehead atoms. The van der Waals surface area contributed by atoms with Crippen molar-refractivity contribution >= 4 is 21.8 Å². The SMILES string of the molecule is COc1cc(OC)c(F)c(-c2ccc3cnn(C4CCCCO4)c3c2)c1F.COc1cc(OC)cc(-c2ccc3cnn(C4CCCCO4)c3c2)c1. The van der Waals surface area contributed by atoms with Gasteiger partial charge in [-0.2, -0.15) is 10.2 Å². The van der Waals surface area contributed by atoms with Gasteiger partial charge in [0.25, 0.3) is 0 Å². The van der Waals surface area contributed by atoms with E-state index in [0.29, 0.717) is 12.2 Å². The molecule has 2 aliphatic heterocycles. The number of hydrogen-bond donors (Lipinski definition) is 0. The van der Waals surface area contributed by atoms with Crippen LogP contribution in [0.4, 0.5) is 8.78 Å². The van der Waals surface area contributed by atoms with Gasteiger partial charge in [0, 0.05) is 36.1 Å². The van der Waals surface area contributed by atoms with Crippen LogP contribution in [0, 0.1) is 11.6 Å². The average molecular weight is 713 g/mol. The van der Waals surface area contributed by atoms with E-state index in [0.717, 1.165) is 83.1 Å². The number of rotatable bonds is 8. The minimum absolute atomic E-state index is 0.0290. The van der Waals surface area contributed by atoms with Gasteiger partial charge in [-0.1, -0.05) is 24.3 Å². The van der Waals surface area contributed by atoms with Crippen molar-refractivity contribution in [1.29, 1.82) is 0 Å². The van der Waals surface area contributed by atoms with Gasteiger partial charge in [-0.25, -0.2) is 18.1 Å². The molecule has 0 N–H and O–H groups in total. The lowest BCUT2D eigenvalue weighted by molar-refractivity contribution is -0.0367. The third-order valence-corrected chi connectivity index (χ3v) is 9.60. The van der Waals surface area contributed by atoms with E-state index in [1.807, 2.05) is 29.1 Å². The Labute approximate surface area is 300 Å². The first-order valence-corrected chi connectivity index (χ1v) is 17.4. The Bertz CT molecular complexity index is 2120. The zero-order valence-electron chi connectivity index (χ0n) is 29.7. The predicted octanol–water partition coefficient (Wildman–Crippen LogP) is 9.12. The molecule has 12 heteroatoms. The largest absolute Gasteiger partial charge is 0.497 e. The first-order valence-electron chi connectivity index (χ1n) is 17.4. The van der Waals surface area contributed by atoms with E-state index in [1.54, 1.807) is 43.3 Å². The third-order valence-electron chi connectivity index (χ3n) is 9.60. The summed E-state index contributed by atoms with van der Waals surface area (Å²) in [5, 5.41) is 11.0. The summed E-state index contributed by atoms with van der Waals surface area (Å²) in [6.45, 7) is 1.49. The normalized spacial score (nSPS) is 17.4. The van der Waals surface area contributed by atoms with E-state index in [1.165, 1.54) is 26.7 Å². The van der Waals surface area contributed by atoms with Gasteiger partial charge in [0.2, 0.25) is 0 Å². The Morgan fingerprint density at radius 3 is 1.54 bits per heavy atom. The summed E-state index contributed by atoms with van der Waals surface area (Å²) in [4.78, 5) is 0. The molecule has 4 heterocycles. The molecule has 10 nitrogen and oxygen atoms in total.